The molecule has 0 spiro atoms. The summed E-state index contributed by atoms with van der Waals surface area (Å²) < 4.78 is 10.9. The minimum atomic E-state index is 0.422. The Morgan fingerprint density at radius 2 is 2.26 bits per heavy atom. The van der Waals surface area contributed by atoms with Crippen LogP contribution in [0.25, 0.3) is 0 Å². The molecule has 1 aromatic heterocycles. The third-order valence-electron chi connectivity index (χ3n) is 3.51. The van der Waals surface area contributed by atoms with Gasteiger partial charge in [0.15, 0.2) is 0 Å². The number of aryl methyl sites for hydroxylation is 1. The summed E-state index contributed by atoms with van der Waals surface area (Å²) in [5, 5.41) is 3.54. The van der Waals surface area contributed by atoms with E-state index in [9.17, 15) is 0 Å². The number of hydrogen-bond acceptors (Lipinski definition) is 3. The monoisotopic (exact) mass is 257 g/mol. The van der Waals surface area contributed by atoms with E-state index in [4.69, 9.17) is 9.15 Å². The summed E-state index contributed by atoms with van der Waals surface area (Å²) in [6, 6.07) is 10.7. The minimum absolute atomic E-state index is 0.422. The van der Waals surface area contributed by atoms with Gasteiger partial charge < -0.3 is 14.5 Å². The second kappa shape index (κ2) is 5.39. The molecule has 0 amide bonds. The molecule has 0 saturated heterocycles. The number of furan rings is 1. The van der Waals surface area contributed by atoms with Gasteiger partial charge in [0.25, 0.3) is 0 Å². The zero-order valence-electron chi connectivity index (χ0n) is 11.2. The summed E-state index contributed by atoms with van der Waals surface area (Å²) in [6.07, 6.45) is 4.77. The first-order valence-corrected chi connectivity index (χ1v) is 6.86. The van der Waals surface area contributed by atoms with E-state index in [-0.39, 0.29) is 0 Å². The van der Waals surface area contributed by atoms with Crippen LogP contribution in [-0.2, 0) is 12.8 Å². The summed E-state index contributed by atoms with van der Waals surface area (Å²) in [5.74, 6) is 2.09. The van der Waals surface area contributed by atoms with Crippen LogP contribution in [0.2, 0.25) is 0 Å². The Morgan fingerprint density at radius 3 is 3.11 bits per heavy atom. The number of hydrogen-bond donors (Lipinski definition) is 1. The SMILES string of the molecule is CC(CCc1ccco1)Nc1ccc2c(c1)CCO2. The van der Waals surface area contributed by atoms with Crippen LogP contribution in [0.15, 0.2) is 41.0 Å². The van der Waals surface area contributed by atoms with E-state index in [0.717, 1.165) is 37.4 Å². The van der Waals surface area contributed by atoms with Crippen LogP contribution in [-0.4, -0.2) is 12.6 Å². The largest absolute Gasteiger partial charge is 0.493 e. The maximum atomic E-state index is 5.51. The molecule has 1 unspecified atom stereocenters. The summed E-state index contributed by atoms with van der Waals surface area (Å²) >= 11 is 0. The standard InChI is InChI=1S/C16H19NO2/c1-12(4-6-15-3-2-9-18-15)17-14-5-7-16-13(11-14)8-10-19-16/h2-3,5,7,9,11-12,17H,4,6,8,10H2,1H3. The Bertz CT molecular complexity index is 534. The topological polar surface area (TPSA) is 34.4 Å². The molecule has 19 heavy (non-hydrogen) atoms. The van der Waals surface area contributed by atoms with Crippen molar-refractivity contribution < 1.29 is 9.15 Å². The van der Waals surface area contributed by atoms with E-state index >= 15 is 0 Å². The number of fused-ring (bicyclic) bond motifs is 1. The predicted molar refractivity (Wildman–Crippen MR) is 75.8 cm³/mol. The molecular weight excluding hydrogens is 238 g/mol. The van der Waals surface area contributed by atoms with Crippen molar-refractivity contribution in [3.8, 4) is 5.75 Å². The van der Waals surface area contributed by atoms with E-state index in [0.29, 0.717) is 6.04 Å². The zero-order valence-corrected chi connectivity index (χ0v) is 11.2. The quantitative estimate of drug-likeness (QED) is 0.887. The Hall–Kier alpha value is -1.90. The smallest absolute Gasteiger partial charge is 0.122 e. The van der Waals surface area contributed by atoms with Gasteiger partial charge in [-0.25, -0.2) is 0 Å². The maximum absolute atomic E-state index is 5.51. The Labute approximate surface area is 113 Å². The normalized spacial score (nSPS) is 14.8. The Kier molecular flexibility index (Phi) is 3.45. The average Bonchev–Trinajstić information content (AvgIpc) is 3.07. The van der Waals surface area contributed by atoms with Gasteiger partial charge in [-0.15, -0.1) is 0 Å². The molecule has 3 heteroatoms. The van der Waals surface area contributed by atoms with E-state index in [1.54, 1.807) is 6.26 Å². The Balaban J connectivity index is 1.55. The van der Waals surface area contributed by atoms with Crippen molar-refractivity contribution in [3.05, 3.63) is 47.9 Å². The van der Waals surface area contributed by atoms with E-state index < -0.39 is 0 Å². The van der Waals surface area contributed by atoms with Gasteiger partial charge in [0.1, 0.15) is 11.5 Å². The van der Waals surface area contributed by atoms with Crippen molar-refractivity contribution in [3.63, 3.8) is 0 Å². The molecule has 1 aliphatic heterocycles. The first-order chi connectivity index (χ1) is 9.31. The number of ether oxygens (including phenoxy) is 1. The molecule has 0 fully saturated rings. The van der Waals surface area contributed by atoms with Gasteiger partial charge in [0, 0.05) is 24.6 Å². The highest BCUT2D eigenvalue weighted by atomic mass is 16.5. The van der Waals surface area contributed by atoms with Crippen molar-refractivity contribution in [2.24, 2.45) is 0 Å². The second-order valence-electron chi connectivity index (χ2n) is 5.08. The maximum Gasteiger partial charge on any atom is 0.122 e. The summed E-state index contributed by atoms with van der Waals surface area (Å²) in [4.78, 5) is 0. The van der Waals surface area contributed by atoms with Gasteiger partial charge in [-0.2, -0.15) is 0 Å². The number of rotatable bonds is 5. The van der Waals surface area contributed by atoms with Crippen LogP contribution >= 0.6 is 0 Å². The average molecular weight is 257 g/mol. The number of benzene rings is 1. The fourth-order valence-corrected chi connectivity index (χ4v) is 2.45. The molecule has 1 aromatic carbocycles. The minimum Gasteiger partial charge on any atom is -0.493 e. The molecule has 0 saturated carbocycles. The van der Waals surface area contributed by atoms with Crippen molar-refractivity contribution >= 4 is 5.69 Å². The molecule has 1 aliphatic rings. The lowest BCUT2D eigenvalue weighted by molar-refractivity contribution is 0.357. The van der Waals surface area contributed by atoms with Crippen LogP contribution in [0.4, 0.5) is 5.69 Å². The molecule has 3 nitrogen and oxygen atoms in total. The summed E-state index contributed by atoms with van der Waals surface area (Å²) in [6.45, 7) is 3.01. The molecule has 1 atom stereocenters. The molecule has 2 aromatic rings. The fraction of sp³-hybridized carbons (Fsp3) is 0.375. The van der Waals surface area contributed by atoms with Crippen LogP contribution in [0.3, 0.4) is 0 Å². The molecule has 0 aliphatic carbocycles. The second-order valence-corrected chi connectivity index (χ2v) is 5.08. The molecule has 0 bridgehead atoms. The molecule has 3 rings (SSSR count). The van der Waals surface area contributed by atoms with Gasteiger partial charge in [0.2, 0.25) is 0 Å². The van der Waals surface area contributed by atoms with Crippen molar-refractivity contribution in [2.75, 3.05) is 11.9 Å². The van der Waals surface area contributed by atoms with Crippen LogP contribution in [0, 0.1) is 0 Å². The predicted octanol–water partition coefficient (Wildman–Crippen LogP) is 3.65. The van der Waals surface area contributed by atoms with Crippen LogP contribution in [0.1, 0.15) is 24.7 Å². The third kappa shape index (κ3) is 2.92. The van der Waals surface area contributed by atoms with E-state index in [1.807, 2.05) is 12.1 Å². The molecular formula is C16H19NO2. The van der Waals surface area contributed by atoms with E-state index in [2.05, 4.69) is 30.4 Å². The van der Waals surface area contributed by atoms with Gasteiger partial charge in [-0.3, -0.25) is 0 Å². The van der Waals surface area contributed by atoms with Gasteiger partial charge in [-0.05, 0) is 49.2 Å². The lowest BCUT2D eigenvalue weighted by Gasteiger charge is -2.15. The van der Waals surface area contributed by atoms with Crippen molar-refractivity contribution in [1.29, 1.82) is 0 Å². The molecule has 100 valence electrons. The number of nitrogens with one attached hydrogen (secondary N) is 1. The highest BCUT2D eigenvalue weighted by Gasteiger charge is 2.12. The lowest BCUT2D eigenvalue weighted by atomic mass is 10.1. The third-order valence-corrected chi connectivity index (χ3v) is 3.51. The van der Waals surface area contributed by atoms with E-state index in [1.165, 1.54) is 11.3 Å². The molecule has 0 radical (unpaired) electrons. The van der Waals surface area contributed by atoms with Crippen LogP contribution < -0.4 is 10.1 Å². The van der Waals surface area contributed by atoms with Crippen LogP contribution in [0.5, 0.6) is 5.75 Å². The summed E-state index contributed by atoms with van der Waals surface area (Å²) in [7, 11) is 0. The Morgan fingerprint density at radius 1 is 1.32 bits per heavy atom. The van der Waals surface area contributed by atoms with Gasteiger partial charge in [-0.1, -0.05) is 0 Å². The highest BCUT2D eigenvalue weighted by Crippen LogP contribution is 2.28. The first kappa shape index (κ1) is 12.2. The molecule has 2 heterocycles. The van der Waals surface area contributed by atoms with Crippen molar-refractivity contribution in [1.82, 2.24) is 0 Å². The van der Waals surface area contributed by atoms with Crippen molar-refractivity contribution in [2.45, 2.75) is 32.2 Å². The highest BCUT2D eigenvalue weighted by molar-refractivity contribution is 5.52. The lowest BCUT2D eigenvalue weighted by Crippen LogP contribution is -2.15. The summed E-state index contributed by atoms with van der Waals surface area (Å²) in [5.41, 5.74) is 2.49. The van der Waals surface area contributed by atoms with Gasteiger partial charge >= 0.3 is 0 Å². The molecule has 1 N–H and O–H groups in total. The first-order valence-electron chi connectivity index (χ1n) is 6.86. The zero-order chi connectivity index (χ0) is 13.1. The van der Waals surface area contributed by atoms with Gasteiger partial charge in [0.05, 0.1) is 12.9 Å². The number of anilines is 1. The fourth-order valence-electron chi connectivity index (χ4n) is 2.45.